The smallest absolute Gasteiger partial charge is 0.242 e. The number of hydrogen-bond acceptors (Lipinski definition) is 8. The molecule has 8 nitrogen and oxygen atoms in total. The molecule has 0 radical (unpaired) electrons. The molecule has 4 heterocycles. The van der Waals surface area contributed by atoms with Gasteiger partial charge in [0.05, 0.1) is 16.2 Å². The van der Waals surface area contributed by atoms with Gasteiger partial charge in [0, 0.05) is 43.5 Å². The SMILES string of the molecule is CC(=O)Nc1cccc(Oc2nc(Nc3ccc(N4CCC(N5CCCC5)CC4)c(Cl)c3)nc3ccsc23)c1. The number of nitrogens with zero attached hydrogens (tertiary/aromatic N) is 4. The van der Waals surface area contributed by atoms with E-state index in [1.165, 1.54) is 57.0 Å². The van der Waals surface area contributed by atoms with Crippen molar-refractivity contribution in [1.29, 1.82) is 0 Å². The van der Waals surface area contributed by atoms with Gasteiger partial charge in [0.25, 0.3) is 0 Å². The molecule has 10 heteroatoms. The van der Waals surface area contributed by atoms with Crippen LogP contribution in [0.5, 0.6) is 11.6 Å². The van der Waals surface area contributed by atoms with Crippen molar-refractivity contribution in [3.05, 3.63) is 58.9 Å². The molecule has 2 aliphatic rings. The summed E-state index contributed by atoms with van der Waals surface area (Å²) in [5, 5.41) is 8.75. The summed E-state index contributed by atoms with van der Waals surface area (Å²) in [5.41, 5.74) is 3.32. The van der Waals surface area contributed by atoms with Gasteiger partial charge in [-0.05, 0) is 80.6 Å². The van der Waals surface area contributed by atoms with Crippen LogP contribution in [0.25, 0.3) is 10.2 Å². The second kappa shape index (κ2) is 11.4. The third-order valence-electron chi connectivity index (χ3n) is 7.31. The molecule has 2 aromatic heterocycles. The number of ether oxygens (including phenoxy) is 1. The number of piperidine rings is 1. The molecular weight excluding hydrogens is 532 g/mol. The molecule has 0 saturated carbocycles. The average Bonchev–Trinajstić information content (AvgIpc) is 3.62. The van der Waals surface area contributed by atoms with Crippen molar-refractivity contribution in [3.63, 3.8) is 0 Å². The van der Waals surface area contributed by atoms with E-state index in [0.29, 0.717) is 34.3 Å². The molecule has 2 N–H and O–H groups in total. The van der Waals surface area contributed by atoms with Crippen molar-refractivity contribution in [2.75, 3.05) is 41.7 Å². The van der Waals surface area contributed by atoms with Gasteiger partial charge >= 0.3 is 0 Å². The van der Waals surface area contributed by atoms with Crippen molar-refractivity contribution >= 4 is 62.1 Å². The number of rotatable bonds is 7. The summed E-state index contributed by atoms with van der Waals surface area (Å²) in [7, 11) is 0. The zero-order valence-electron chi connectivity index (χ0n) is 21.8. The Kier molecular flexibility index (Phi) is 7.54. The maximum Gasteiger partial charge on any atom is 0.242 e. The zero-order valence-corrected chi connectivity index (χ0v) is 23.4. The van der Waals surface area contributed by atoms with E-state index >= 15 is 0 Å². The van der Waals surface area contributed by atoms with Gasteiger partial charge in [-0.1, -0.05) is 17.7 Å². The van der Waals surface area contributed by atoms with Gasteiger partial charge in [0.1, 0.15) is 10.4 Å². The molecule has 0 spiro atoms. The number of carbonyl (C=O) groups excluding carboxylic acids is 1. The number of amides is 1. The van der Waals surface area contributed by atoms with Gasteiger partial charge in [-0.2, -0.15) is 4.98 Å². The minimum Gasteiger partial charge on any atom is -0.437 e. The van der Waals surface area contributed by atoms with Gasteiger partial charge < -0.3 is 25.2 Å². The molecule has 6 rings (SSSR count). The number of benzene rings is 2. The van der Waals surface area contributed by atoms with E-state index in [-0.39, 0.29) is 5.91 Å². The first kappa shape index (κ1) is 25.9. The number of thiophene rings is 1. The number of hydrogen-bond donors (Lipinski definition) is 2. The summed E-state index contributed by atoms with van der Waals surface area (Å²) >= 11 is 8.29. The standard InChI is InChI=1S/C29H31ClN6O2S/c1-19(37)31-20-5-4-6-23(17-20)38-28-27-25(11-16-39-27)33-29(34-28)32-21-7-8-26(24(30)18-21)36-14-9-22(10-15-36)35-12-2-3-13-35/h4-8,11,16-18,22H,2-3,9-10,12-15H2,1H3,(H,31,37)(H,32,33,34). The third-order valence-corrected chi connectivity index (χ3v) is 8.50. The second-order valence-electron chi connectivity index (χ2n) is 10.1. The molecule has 39 heavy (non-hydrogen) atoms. The van der Waals surface area contributed by atoms with Crippen LogP contribution in [0, 0.1) is 0 Å². The molecule has 0 aliphatic carbocycles. The number of carbonyl (C=O) groups is 1. The molecular formula is C29H31ClN6O2S. The lowest BCUT2D eigenvalue weighted by molar-refractivity contribution is -0.114. The highest BCUT2D eigenvalue weighted by Crippen LogP contribution is 2.36. The molecule has 2 aromatic carbocycles. The Morgan fingerprint density at radius 3 is 2.62 bits per heavy atom. The Hall–Kier alpha value is -3.40. The van der Waals surface area contributed by atoms with E-state index in [9.17, 15) is 4.79 Å². The largest absolute Gasteiger partial charge is 0.437 e. The highest BCUT2D eigenvalue weighted by atomic mass is 35.5. The summed E-state index contributed by atoms with van der Waals surface area (Å²) in [6.45, 7) is 6.02. The Morgan fingerprint density at radius 2 is 1.85 bits per heavy atom. The number of nitrogens with one attached hydrogen (secondary N) is 2. The van der Waals surface area contributed by atoms with Gasteiger partial charge in [-0.3, -0.25) is 4.79 Å². The van der Waals surface area contributed by atoms with E-state index in [1.807, 2.05) is 41.8 Å². The normalized spacial score (nSPS) is 16.5. The molecule has 2 fully saturated rings. The first-order chi connectivity index (χ1) is 19.0. The lowest BCUT2D eigenvalue weighted by Crippen LogP contribution is -2.43. The highest BCUT2D eigenvalue weighted by molar-refractivity contribution is 7.17. The molecule has 4 aromatic rings. The van der Waals surface area contributed by atoms with Crippen molar-refractivity contribution < 1.29 is 9.53 Å². The number of halogens is 1. The molecule has 1 amide bonds. The molecule has 0 bridgehead atoms. The molecule has 2 saturated heterocycles. The number of aromatic nitrogens is 2. The van der Waals surface area contributed by atoms with Gasteiger partial charge in [0.2, 0.25) is 17.7 Å². The van der Waals surface area contributed by atoms with Crippen molar-refractivity contribution in [2.24, 2.45) is 0 Å². The monoisotopic (exact) mass is 562 g/mol. The summed E-state index contributed by atoms with van der Waals surface area (Å²) in [5.74, 6) is 1.30. The van der Waals surface area contributed by atoms with Gasteiger partial charge in [-0.15, -0.1) is 11.3 Å². The first-order valence-corrected chi connectivity index (χ1v) is 14.6. The second-order valence-corrected chi connectivity index (χ2v) is 11.4. The highest BCUT2D eigenvalue weighted by Gasteiger charge is 2.27. The maximum absolute atomic E-state index is 11.4. The van der Waals surface area contributed by atoms with Crippen LogP contribution in [0.3, 0.4) is 0 Å². The summed E-state index contributed by atoms with van der Waals surface area (Å²) in [6, 6.07) is 15.9. The average molecular weight is 563 g/mol. The van der Waals surface area contributed by atoms with E-state index in [1.54, 1.807) is 6.07 Å². The van der Waals surface area contributed by atoms with Crippen LogP contribution in [0.2, 0.25) is 5.02 Å². The number of likely N-dealkylation sites (tertiary alicyclic amines) is 1. The minimum atomic E-state index is -0.141. The quantitative estimate of drug-likeness (QED) is 0.253. The van der Waals surface area contributed by atoms with Gasteiger partial charge in [-0.25, -0.2) is 4.98 Å². The minimum absolute atomic E-state index is 0.141. The Labute approximate surface area is 237 Å². The molecule has 0 unspecified atom stereocenters. The summed E-state index contributed by atoms with van der Waals surface area (Å²) in [6.07, 6.45) is 5.04. The van der Waals surface area contributed by atoms with Crippen LogP contribution < -0.4 is 20.3 Å². The Bertz CT molecular complexity index is 1480. The predicted molar refractivity (Wildman–Crippen MR) is 159 cm³/mol. The van der Waals surface area contributed by atoms with E-state index in [0.717, 1.165) is 34.7 Å². The fourth-order valence-electron chi connectivity index (χ4n) is 5.46. The fourth-order valence-corrected chi connectivity index (χ4v) is 6.52. The topological polar surface area (TPSA) is 82.6 Å². The van der Waals surface area contributed by atoms with Crippen LogP contribution in [0.4, 0.5) is 23.0 Å². The van der Waals surface area contributed by atoms with Crippen LogP contribution >= 0.6 is 22.9 Å². The third kappa shape index (κ3) is 5.95. The molecule has 0 atom stereocenters. The summed E-state index contributed by atoms with van der Waals surface area (Å²) < 4.78 is 6.99. The lowest BCUT2D eigenvalue weighted by atomic mass is 10.0. The van der Waals surface area contributed by atoms with Crippen molar-refractivity contribution in [3.8, 4) is 11.6 Å². The van der Waals surface area contributed by atoms with Gasteiger partial charge in [0.15, 0.2) is 0 Å². The Morgan fingerprint density at radius 1 is 1.03 bits per heavy atom. The fraction of sp³-hybridized carbons (Fsp3) is 0.345. The van der Waals surface area contributed by atoms with E-state index in [2.05, 4.69) is 36.5 Å². The van der Waals surface area contributed by atoms with Crippen molar-refractivity contribution in [1.82, 2.24) is 14.9 Å². The zero-order chi connectivity index (χ0) is 26.8. The predicted octanol–water partition coefficient (Wildman–Crippen LogP) is 6.90. The van der Waals surface area contributed by atoms with E-state index < -0.39 is 0 Å². The number of anilines is 4. The Balaban J connectivity index is 1.17. The lowest BCUT2D eigenvalue weighted by Gasteiger charge is -2.38. The maximum atomic E-state index is 11.4. The van der Waals surface area contributed by atoms with Crippen LogP contribution in [0.15, 0.2) is 53.9 Å². The van der Waals surface area contributed by atoms with Crippen LogP contribution in [0.1, 0.15) is 32.6 Å². The van der Waals surface area contributed by atoms with Crippen LogP contribution in [-0.4, -0.2) is 53.0 Å². The molecule has 202 valence electrons. The van der Waals surface area contributed by atoms with Crippen LogP contribution in [-0.2, 0) is 4.79 Å². The summed E-state index contributed by atoms with van der Waals surface area (Å²) in [4.78, 5) is 25.8. The number of fused-ring (bicyclic) bond motifs is 1. The van der Waals surface area contributed by atoms with Crippen molar-refractivity contribution in [2.45, 2.75) is 38.6 Å². The first-order valence-electron chi connectivity index (χ1n) is 13.4. The molecule has 2 aliphatic heterocycles. The van der Waals surface area contributed by atoms with E-state index in [4.69, 9.17) is 16.3 Å².